The smallest absolute Gasteiger partial charge is 0.0707 e. The quantitative estimate of drug-likeness (QED) is 0.789. The molecule has 0 aromatic rings. The predicted molar refractivity (Wildman–Crippen MR) is 70.5 cm³/mol. The molecule has 102 valence electrons. The van der Waals surface area contributed by atoms with Crippen molar-refractivity contribution in [2.45, 2.75) is 55.9 Å². The van der Waals surface area contributed by atoms with Gasteiger partial charge >= 0.3 is 0 Å². The Balaban J connectivity index is 1.50. The number of nitrogens with zero attached hydrogens (tertiary/aromatic N) is 2. The maximum Gasteiger partial charge on any atom is 0.0707 e. The van der Waals surface area contributed by atoms with E-state index in [4.69, 9.17) is 10.5 Å². The van der Waals surface area contributed by atoms with Gasteiger partial charge in [-0.2, -0.15) is 0 Å². The van der Waals surface area contributed by atoms with E-state index in [1.807, 2.05) is 0 Å². The van der Waals surface area contributed by atoms with Crippen LogP contribution in [-0.4, -0.2) is 66.3 Å². The Morgan fingerprint density at radius 1 is 1.11 bits per heavy atom. The van der Waals surface area contributed by atoms with E-state index >= 15 is 0 Å². The summed E-state index contributed by atoms with van der Waals surface area (Å²) in [5.74, 6) is 0. The first-order valence-electron chi connectivity index (χ1n) is 7.64. The third-order valence-corrected chi connectivity index (χ3v) is 5.52. The fraction of sp³-hybridized carbons (Fsp3) is 1.00. The van der Waals surface area contributed by atoms with Crippen molar-refractivity contribution >= 4 is 0 Å². The molecule has 2 N–H and O–H groups in total. The third kappa shape index (κ3) is 1.82. The minimum atomic E-state index is 0.257. The fourth-order valence-electron chi connectivity index (χ4n) is 4.20. The number of nitrogens with two attached hydrogens (primary N) is 1. The first-order valence-corrected chi connectivity index (χ1v) is 7.64. The Labute approximate surface area is 109 Å². The van der Waals surface area contributed by atoms with Crippen molar-refractivity contribution in [1.29, 1.82) is 0 Å². The lowest BCUT2D eigenvalue weighted by atomic mass is 9.95. The van der Waals surface area contributed by atoms with Gasteiger partial charge in [0.15, 0.2) is 0 Å². The van der Waals surface area contributed by atoms with Gasteiger partial charge in [0.1, 0.15) is 0 Å². The standard InChI is InChI=1S/C14H25N3O/c15-9-14(5-6-16(10-14)11-1-2-11)17-7-12-3-4-13(8-17)18-12/h11-13H,1-10,15H2. The molecule has 1 aliphatic carbocycles. The van der Waals surface area contributed by atoms with Crippen molar-refractivity contribution < 1.29 is 4.74 Å². The maximum absolute atomic E-state index is 6.18. The van der Waals surface area contributed by atoms with Crippen LogP contribution in [0.5, 0.6) is 0 Å². The molecule has 18 heavy (non-hydrogen) atoms. The molecule has 3 heterocycles. The number of hydrogen-bond acceptors (Lipinski definition) is 4. The molecule has 4 aliphatic rings. The van der Waals surface area contributed by atoms with E-state index in [1.54, 1.807) is 0 Å². The van der Waals surface area contributed by atoms with E-state index in [0.29, 0.717) is 12.2 Å². The zero-order chi connectivity index (χ0) is 12.2. The minimum Gasteiger partial charge on any atom is -0.372 e. The van der Waals surface area contributed by atoms with Gasteiger partial charge in [-0.05, 0) is 32.1 Å². The van der Waals surface area contributed by atoms with Crippen LogP contribution in [0.25, 0.3) is 0 Å². The molecule has 4 nitrogen and oxygen atoms in total. The zero-order valence-corrected chi connectivity index (χ0v) is 11.2. The summed E-state index contributed by atoms with van der Waals surface area (Å²) in [6, 6.07) is 0.885. The molecule has 4 rings (SSSR count). The second-order valence-electron chi connectivity index (χ2n) is 6.74. The van der Waals surface area contributed by atoms with Crippen molar-refractivity contribution in [3.8, 4) is 0 Å². The first kappa shape index (κ1) is 11.6. The number of ether oxygens (including phenoxy) is 1. The molecule has 3 atom stereocenters. The highest BCUT2D eigenvalue weighted by molar-refractivity contribution is 5.06. The van der Waals surface area contributed by atoms with Crippen LogP contribution in [-0.2, 0) is 4.74 Å². The molecule has 4 fully saturated rings. The van der Waals surface area contributed by atoms with Gasteiger partial charge in [0.05, 0.1) is 12.2 Å². The summed E-state index contributed by atoms with van der Waals surface area (Å²) >= 11 is 0. The summed E-state index contributed by atoms with van der Waals surface area (Å²) in [5, 5.41) is 0. The van der Waals surface area contributed by atoms with Crippen LogP contribution in [0.15, 0.2) is 0 Å². The average Bonchev–Trinajstić information content (AvgIpc) is 3.07. The lowest BCUT2D eigenvalue weighted by Crippen LogP contribution is -2.60. The van der Waals surface area contributed by atoms with Gasteiger partial charge in [-0.3, -0.25) is 9.80 Å². The number of fused-ring (bicyclic) bond motifs is 2. The van der Waals surface area contributed by atoms with Gasteiger partial charge in [-0.25, -0.2) is 0 Å². The van der Waals surface area contributed by atoms with Crippen LogP contribution in [0.3, 0.4) is 0 Å². The number of hydrogen-bond donors (Lipinski definition) is 1. The van der Waals surface area contributed by atoms with Gasteiger partial charge in [0.2, 0.25) is 0 Å². The monoisotopic (exact) mass is 251 g/mol. The third-order valence-electron chi connectivity index (χ3n) is 5.52. The summed E-state index contributed by atoms with van der Waals surface area (Å²) in [6.45, 7) is 5.51. The van der Waals surface area contributed by atoms with E-state index in [9.17, 15) is 0 Å². The summed E-state index contributed by atoms with van der Waals surface area (Å²) in [7, 11) is 0. The first-order chi connectivity index (χ1) is 8.79. The van der Waals surface area contributed by atoms with E-state index in [2.05, 4.69) is 9.80 Å². The molecule has 0 aromatic heterocycles. The lowest BCUT2D eigenvalue weighted by Gasteiger charge is -2.45. The molecule has 0 radical (unpaired) electrons. The average molecular weight is 251 g/mol. The molecular weight excluding hydrogens is 226 g/mol. The molecule has 0 aromatic carbocycles. The SMILES string of the molecule is NCC1(N2CC3CCC(C2)O3)CCN(C2CC2)C1. The Kier molecular flexibility index (Phi) is 2.70. The lowest BCUT2D eigenvalue weighted by molar-refractivity contribution is -0.0744. The molecule has 0 amide bonds. The van der Waals surface area contributed by atoms with Crippen LogP contribution in [0.4, 0.5) is 0 Å². The van der Waals surface area contributed by atoms with Gasteiger partial charge in [-0.15, -0.1) is 0 Å². The van der Waals surface area contributed by atoms with Crippen molar-refractivity contribution in [3.05, 3.63) is 0 Å². The maximum atomic E-state index is 6.18. The Hall–Kier alpha value is -0.160. The minimum absolute atomic E-state index is 0.257. The molecule has 4 heteroatoms. The largest absolute Gasteiger partial charge is 0.372 e. The second-order valence-corrected chi connectivity index (χ2v) is 6.74. The molecule has 0 spiro atoms. The molecule has 3 aliphatic heterocycles. The number of morpholine rings is 1. The van der Waals surface area contributed by atoms with Gasteiger partial charge in [0.25, 0.3) is 0 Å². The fourth-order valence-corrected chi connectivity index (χ4v) is 4.20. The molecule has 3 saturated heterocycles. The van der Waals surface area contributed by atoms with Crippen LogP contribution >= 0.6 is 0 Å². The molecule has 1 saturated carbocycles. The van der Waals surface area contributed by atoms with Gasteiger partial charge in [-0.1, -0.05) is 0 Å². The van der Waals surface area contributed by atoms with E-state index in [1.165, 1.54) is 45.2 Å². The van der Waals surface area contributed by atoms with Crippen molar-refractivity contribution in [1.82, 2.24) is 9.80 Å². The Bertz CT molecular complexity index is 321. The summed E-state index contributed by atoms with van der Waals surface area (Å²) in [6.07, 6.45) is 7.58. The van der Waals surface area contributed by atoms with Crippen LogP contribution in [0.2, 0.25) is 0 Å². The summed E-state index contributed by atoms with van der Waals surface area (Å²) in [5.41, 5.74) is 6.44. The zero-order valence-electron chi connectivity index (χ0n) is 11.2. The van der Waals surface area contributed by atoms with Crippen LogP contribution < -0.4 is 5.73 Å². The predicted octanol–water partition coefficient (Wildman–Crippen LogP) is 0.415. The normalized spacial score (nSPS) is 45.8. The highest BCUT2D eigenvalue weighted by Crippen LogP contribution is 2.38. The van der Waals surface area contributed by atoms with Crippen LogP contribution in [0, 0.1) is 0 Å². The highest BCUT2D eigenvalue weighted by atomic mass is 16.5. The number of likely N-dealkylation sites (tertiary alicyclic amines) is 2. The van der Waals surface area contributed by atoms with Crippen molar-refractivity contribution in [3.63, 3.8) is 0 Å². The summed E-state index contributed by atoms with van der Waals surface area (Å²) < 4.78 is 5.97. The van der Waals surface area contributed by atoms with E-state index in [0.717, 1.165) is 25.7 Å². The molecule has 3 unspecified atom stereocenters. The Morgan fingerprint density at radius 3 is 2.44 bits per heavy atom. The molecular formula is C14H25N3O. The van der Waals surface area contributed by atoms with Gasteiger partial charge in [0, 0.05) is 44.3 Å². The van der Waals surface area contributed by atoms with Crippen LogP contribution in [0.1, 0.15) is 32.1 Å². The van der Waals surface area contributed by atoms with Crippen molar-refractivity contribution in [2.24, 2.45) is 5.73 Å². The highest BCUT2D eigenvalue weighted by Gasteiger charge is 2.49. The number of rotatable bonds is 3. The van der Waals surface area contributed by atoms with Crippen molar-refractivity contribution in [2.75, 3.05) is 32.7 Å². The topological polar surface area (TPSA) is 41.7 Å². The summed E-state index contributed by atoms with van der Waals surface area (Å²) in [4.78, 5) is 5.37. The Morgan fingerprint density at radius 2 is 1.83 bits per heavy atom. The molecule has 2 bridgehead atoms. The van der Waals surface area contributed by atoms with Gasteiger partial charge < -0.3 is 10.5 Å². The van der Waals surface area contributed by atoms with E-state index in [-0.39, 0.29) is 5.54 Å². The second kappa shape index (κ2) is 4.17. The van der Waals surface area contributed by atoms with E-state index < -0.39 is 0 Å².